The molecule has 0 fully saturated rings. The van der Waals surface area contributed by atoms with E-state index in [1.54, 1.807) is 0 Å². The van der Waals surface area contributed by atoms with E-state index in [0.29, 0.717) is 5.69 Å². The van der Waals surface area contributed by atoms with Gasteiger partial charge in [-0.25, -0.2) is 0 Å². The quantitative estimate of drug-likeness (QED) is 0.536. The molecule has 1 heterocycles. The Morgan fingerprint density at radius 2 is 2.18 bits per heavy atom. The van der Waals surface area contributed by atoms with Crippen molar-refractivity contribution in [2.24, 2.45) is 5.73 Å². The zero-order valence-electron chi connectivity index (χ0n) is 9.75. The third-order valence-electron chi connectivity index (χ3n) is 2.25. The Hall–Kier alpha value is -2.05. The van der Waals surface area contributed by atoms with Crippen molar-refractivity contribution in [3.63, 3.8) is 0 Å². The molecule has 0 atom stereocenters. The Bertz CT molecular complexity index is 413. The summed E-state index contributed by atoms with van der Waals surface area (Å²) in [6, 6.07) is 0. The van der Waals surface area contributed by atoms with Gasteiger partial charge < -0.3 is 16.8 Å². The third kappa shape index (κ3) is 3.47. The lowest BCUT2D eigenvalue weighted by molar-refractivity contribution is -0.117. The van der Waals surface area contributed by atoms with Crippen LogP contribution in [0.1, 0.15) is 35.9 Å². The molecule has 6 N–H and O–H groups in total. The molecule has 0 saturated carbocycles. The van der Waals surface area contributed by atoms with Crippen LogP contribution < -0.4 is 16.8 Å². The molecule has 1 rings (SSSR count). The first-order valence-electron chi connectivity index (χ1n) is 5.45. The summed E-state index contributed by atoms with van der Waals surface area (Å²) in [7, 11) is 0. The number of hydrogen-bond donors (Lipinski definition) is 4. The highest BCUT2D eigenvalue weighted by Crippen LogP contribution is 2.15. The average molecular weight is 239 g/mol. The van der Waals surface area contributed by atoms with E-state index in [2.05, 4.69) is 15.5 Å². The minimum Gasteiger partial charge on any atom is -0.395 e. The Labute approximate surface area is 98.9 Å². The zero-order chi connectivity index (χ0) is 12.8. The van der Waals surface area contributed by atoms with Crippen LogP contribution in [0.5, 0.6) is 0 Å². The monoisotopic (exact) mass is 239 g/mol. The number of nitrogens with two attached hydrogens (primary N) is 2. The van der Waals surface area contributed by atoms with Gasteiger partial charge in [-0.1, -0.05) is 13.3 Å². The van der Waals surface area contributed by atoms with Gasteiger partial charge in [0.15, 0.2) is 5.69 Å². The number of aryl methyl sites for hydroxylation is 1. The van der Waals surface area contributed by atoms with E-state index in [-0.39, 0.29) is 18.7 Å². The van der Waals surface area contributed by atoms with E-state index in [4.69, 9.17) is 11.5 Å². The van der Waals surface area contributed by atoms with Gasteiger partial charge in [0, 0.05) is 13.0 Å². The number of hydrogen-bond acceptors (Lipinski definition) is 4. The van der Waals surface area contributed by atoms with Crippen LogP contribution in [-0.4, -0.2) is 28.6 Å². The molecule has 1 aromatic heterocycles. The second-order valence-corrected chi connectivity index (χ2v) is 3.69. The second-order valence-electron chi connectivity index (χ2n) is 3.69. The predicted octanol–water partition coefficient (Wildman–Crippen LogP) is -0.450. The standard InChI is InChI=1S/C10H17N5O2/c1-2-3-6-8(12)9(15-14-6)10(17)13-5-4-7(11)16/h2-5,12H2,1H3,(H2,11,16)(H,13,17)(H,14,15). The first-order chi connectivity index (χ1) is 8.06. The van der Waals surface area contributed by atoms with Gasteiger partial charge in [0.1, 0.15) is 0 Å². The normalized spacial score (nSPS) is 10.2. The lowest BCUT2D eigenvalue weighted by atomic mass is 10.2. The van der Waals surface area contributed by atoms with Crippen LogP contribution in [-0.2, 0) is 11.2 Å². The van der Waals surface area contributed by atoms with Crippen molar-refractivity contribution in [3.05, 3.63) is 11.4 Å². The smallest absolute Gasteiger partial charge is 0.273 e. The fraction of sp³-hybridized carbons (Fsp3) is 0.500. The van der Waals surface area contributed by atoms with E-state index >= 15 is 0 Å². The second kappa shape index (κ2) is 5.88. The van der Waals surface area contributed by atoms with Crippen molar-refractivity contribution >= 4 is 17.5 Å². The summed E-state index contributed by atoms with van der Waals surface area (Å²) in [5.74, 6) is -0.866. The van der Waals surface area contributed by atoms with E-state index < -0.39 is 11.8 Å². The topological polar surface area (TPSA) is 127 Å². The van der Waals surface area contributed by atoms with Crippen molar-refractivity contribution in [2.45, 2.75) is 26.2 Å². The van der Waals surface area contributed by atoms with E-state index in [9.17, 15) is 9.59 Å². The van der Waals surface area contributed by atoms with E-state index in [1.165, 1.54) is 0 Å². The number of amides is 2. The van der Waals surface area contributed by atoms with Gasteiger partial charge in [0.05, 0.1) is 11.4 Å². The fourth-order valence-electron chi connectivity index (χ4n) is 1.38. The maximum Gasteiger partial charge on any atom is 0.273 e. The summed E-state index contributed by atoms with van der Waals surface area (Å²) in [6.07, 6.45) is 1.75. The average Bonchev–Trinajstić information content (AvgIpc) is 2.60. The zero-order valence-corrected chi connectivity index (χ0v) is 9.75. The summed E-state index contributed by atoms with van der Waals surface area (Å²) < 4.78 is 0. The summed E-state index contributed by atoms with van der Waals surface area (Å²) >= 11 is 0. The summed E-state index contributed by atoms with van der Waals surface area (Å²) in [5.41, 5.74) is 12.0. The van der Waals surface area contributed by atoms with Crippen LogP contribution >= 0.6 is 0 Å². The molecular weight excluding hydrogens is 222 g/mol. The molecule has 0 saturated heterocycles. The number of primary amides is 1. The van der Waals surface area contributed by atoms with Crippen molar-refractivity contribution in [1.29, 1.82) is 0 Å². The number of carbonyl (C=O) groups is 2. The first kappa shape index (κ1) is 13.0. The summed E-state index contributed by atoms with van der Waals surface area (Å²) in [5, 5.41) is 9.11. The lowest BCUT2D eigenvalue weighted by Gasteiger charge is -2.02. The highest BCUT2D eigenvalue weighted by molar-refractivity contribution is 5.97. The highest BCUT2D eigenvalue weighted by atomic mass is 16.2. The molecule has 0 aliphatic heterocycles. The molecule has 0 spiro atoms. The van der Waals surface area contributed by atoms with Crippen LogP contribution in [0, 0.1) is 0 Å². The number of aromatic amines is 1. The van der Waals surface area contributed by atoms with E-state index in [1.807, 2.05) is 6.92 Å². The highest BCUT2D eigenvalue weighted by Gasteiger charge is 2.16. The molecule has 2 amide bonds. The number of nitrogens with one attached hydrogen (secondary N) is 2. The number of anilines is 1. The van der Waals surface area contributed by atoms with Crippen molar-refractivity contribution in [1.82, 2.24) is 15.5 Å². The van der Waals surface area contributed by atoms with Crippen molar-refractivity contribution in [3.8, 4) is 0 Å². The molecule has 0 aliphatic rings. The number of H-pyrrole nitrogens is 1. The Morgan fingerprint density at radius 1 is 1.47 bits per heavy atom. The van der Waals surface area contributed by atoms with Crippen LogP contribution in [0.3, 0.4) is 0 Å². The number of nitrogens with zero attached hydrogens (tertiary/aromatic N) is 1. The van der Waals surface area contributed by atoms with Crippen molar-refractivity contribution in [2.75, 3.05) is 12.3 Å². The van der Waals surface area contributed by atoms with Crippen LogP contribution in [0.4, 0.5) is 5.69 Å². The SMILES string of the molecule is CCCc1[nH]nc(C(=O)NCCC(N)=O)c1N. The van der Waals surface area contributed by atoms with Gasteiger partial charge in [0.25, 0.3) is 5.91 Å². The van der Waals surface area contributed by atoms with Gasteiger partial charge >= 0.3 is 0 Å². The lowest BCUT2D eigenvalue weighted by Crippen LogP contribution is -2.28. The van der Waals surface area contributed by atoms with E-state index in [0.717, 1.165) is 18.5 Å². The minimum atomic E-state index is -0.466. The number of aromatic nitrogens is 2. The van der Waals surface area contributed by atoms with Gasteiger partial charge in [-0.3, -0.25) is 14.7 Å². The molecule has 94 valence electrons. The van der Waals surface area contributed by atoms with Crippen LogP contribution in [0.2, 0.25) is 0 Å². The molecule has 0 unspecified atom stereocenters. The number of carbonyl (C=O) groups excluding carboxylic acids is 2. The summed E-state index contributed by atoms with van der Waals surface area (Å²) in [6.45, 7) is 2.19. The maximum absolute atomic E-state index is 11.6. The Kier molecular flexibility index (Phi) is 4.50. The minimum absolute atomic E-state index is 0.0951. The molecule has 1 aromatic rings. The molecule has 7 nitrogen and oxygen atoms in total. The van der Waals surface area contributed by atoms with Gasteiger partial charge in [-0.05, 0) is 6.42 Å². The van der Waals surface area contributed by atoms with Crippen LogP contribution in [0.25, 0.3) is 0 Å². The fourth-order valence-corrected chi connectivity index (χ4v) is 1.38. The maximum atomic E-state index is 11.6. The first-order valence-corrected chi connectivity index (χ1v) is 5.45. The molecular formula is C10H17N5O2. The molecule has 0 radical (unpaired) electrons. The largest absolute Gasteiger partial charge is 0.395 e. The predicted molar refractivity (Wildman–Crippen MR) is 63.1 cm³/mol. The summed E-state index contributed by atoms with van der Waals surface area (Å²) in [4.78, 5) is 22.1. The van der Waals surface area contributed by atoms with Gasteiger partial charge in [-0.2, -0.15) is 5.10 Å². The molecule has 0 bridgehead atoms. The molecule has 7 heteroatoms. The van der Waals surface area contributed by atoms with Gasteiger partial charge in [-0.15, -0.1) is 0 Å². The van der Waals surface area contributed by atoms with Crippen molar-refractivity contribution < 1.29 is 9.59 Å². The number of rotatable bonds is 6. The molecule has 0 aliphatic carbocycles. The van der Waals surface area contributed by atoms with Gasteiger partial charge in [0.2, 0.25) is 5.91 Å². The Morgan fingerprint density at radius 3 is 2.76 bits per heavy atom. The number of nitrogen functional groups attached to an aromatic ring is 1. The molecule has 0 aromatic carbocycles. The van der Waals surface area contributed by atoms with Crippen LogP contribution in [0.15, 0.2) is 0 Å². The molecule has 17 heavy (non-hydrogen) atoms. The Balaban J connectivity index is 2.60. The third-order valence-corrected chi connectivity index (χ3v) is 2.25.